The average Bonchev–Trinajstić information content (AvgIpc) is 2.28. The first-order valence-corrected chi connectivity index (χ1v) is 6.22. The summed E-state index contributed by atoms with van der Waals surface area (Å²) in [5.74, 6) is -0.938. The molecule has 0 aliphatic heterocycles. The van der Waals surface area contributed by atoms with Crippen molar-refractivity contribution in [1.29, 1.82) is 0 Å². The number of carboxylic acids is 1. The fraction of sp³-hybridized carbons (Fsp3) is 0.0714. The van der Waals surface area contributed by atoms with Gasteiger partial charge in [-0.3, -0.25) is 0 Å². The molecule has 2 N–H and O–H groups in total. The number of nitrogens with one attached hydrogen (secondary N) is 1. The highest BCUT2D eigenvalue weighted by Crippen LogP contribution is 2.24. The SMILES string of the molecule is Cc1ccc(C(=O)O)c(Nc2cccc(Br)c2)c1. The van der Waals surface area contributed by atoms with Gasteiger partial charge in [0.15, 0.2) is 0 Å². The Morgan fingerprint density at radius 3 is 2.67 bits per heavy atom. The quantitative estimate of drug-likeness (QED) is 0.893. The zero-order valence-corrected chi connectivity index (χ0v) is 11.4. The third-order valence-corrected chi connectivity index (χ3v) is 3.00. The summed E-state index contributed by atoms with van der Waals surface area (Å²) < 4.78 is 0.942. The molecule has 0 aliphatic rings. The lowest BCUT2D eigenvalue weighted by Gasteiger charge is -2.10. The predicted molar refractivity (Wildman–Crippen MR) is 75.6 cm³/mol. The summed E-state index contributed by atoms with van der Waals surface area (Å²) in [6.07, 6.45) is 0. The molecule has 2 aromatic rings. The van der Waals surface area contributed by atoms with Crippen LogP contribution in [0, 0.1) is 6.92 Å². The molecule has 4 heteroatoms. The highest BCUT2D eigenvalue weighted by atomic mass is 79.9. The molecule has 0 bridgehead atoms. The van der Waals surface area contributed by atoms with Crippen molar-refractivity contribution in [3.05, 3.63) is 58.1 Å². The van der Waals surface area contributed by atoms with Gasteiger partial charge in [0.1, 0.15) is 0 Å². The zero-order valence-electron chi connectivity index (χ0n) is 9.77. The third-order valence-electron chi connectivity index (χ3n) is 2.51. The van der Waals surface area contributed by atoms with Crippen molar-refractivity contribution in [3.8, 4) is 0 Å². The molecular weight excluding hydrogens is 294 g/mol. The van der Waals surface area contributed by atoms with Crippen molar-refractivity contribution in [2.75, 3.05) is 5.32 Å². The summed E-state index contributed by atoms with van der Waals surface area (Å²) in [5, 5.41) is 12.3. The number of aromatic carboxylic acids is 1. The van der Waals surface area contributed by atoms with Crippen LogP contribution >= 0.6 is 15.9 Å². The van der Waals surface area contributed by atoms with E-state index in [0.717, 1.165) is 15.7 Å². The summed E-state index contributed by atoms with van der Waals surface area (Å²) in [5.41, 5.74) is 2.72. The maximum Gasteiger partial charge on any atom is 0.337 e. The maximum atomic E-state index is 11.1. The van der Waals surface area contributed by atoms with Gasteiger partial charge in [-0.1, -0.05) is 28.1 Å². The smallest absolute Gasteiger partial charge is 0.337 e. The van der Waals surface area contributed by atoms with E-state index in [1.54, 1.807) is 12.1 Å². The molecule has 18 heavy (non-hydrogen) atoms. The van der Waals surface area contributed by atoms with E-state index in [9.17, 15) is 4.79 Å². The number of halogens is 1. The third kappa shape index (κ3) is 2.90. The zero-order chi connectivity index (χ0) is 13.1. The Morgan fingerprint density at radius 1 is 1.22 bits per heavy atom. The number of rotatable bonds is 3. The molecule has 0 aliphatic carbocycles. The Balaban J connectivity index is 2.39. The minimum Gasteiger partial charge on any atom is -0.478 e. The van der Waals surface area contributed by atoms with Crippen LogP contribution in [0.2, 0.25) is 0 Å². The van der Waals surface area contributed by atoms with Crippen molar-refractivity contribution in [2.45, 2.75) is 6.92 Å². The second kappa shape index (κ2) is 5.23. The second-order valence-electron chi connectivity index (χ2n) is 3.99. The number of aryl methyl sites for hydroxylation is 1. The molecule has 92 valence electrons. The first-order chi connectivity index (χ1) is 8.56. The minimum absolute atomic E-state index is 0.264. The van der Waals surface area contributed by atoms with Crippen LogP contribution in [0.25, 0.3) is 0 Å². The van der Waals surface area contributed by atoms with E-state index in [2.05, 4.69) is 21.2 Å². The number of hydrogen-bond donors (Lipinski definition) is 2. The number of hydrogen-bond acceptors (Lipinski definition) is 2. The number of carboxylic acid groups (broad SMARTS) is 1. The summed E-state index contributed by atoms with van der Waals surface area (Å²) >= 11 is 3.38. The van der Waals surface area contributed by atoms with Crippen LogP contribution in [-0.4, -0.2) is 11.1 Å². The van der Waals surface area contributed by atoms with Gasteiger partial charge in [0.2, 0.25) is 0 Å². The van der Waals surface area contributed by atoms with Crippen LogP contribution in [-0.2, 0) is 0 Å². The average molecular weight is 306 g/mol. The molecule has 0 amide bonds. The molecule has 2 rings (SSSR count). The van der Waals surface area contributed by atoms with Gasteiger partial charge in [-0.05, 0) is 42.8 Å². The normalized spacial score (nSPS) is 10.1. The molecule has 0 unspecified atom stereocenters. The molecule has 0 heterocycles. The second-order valence-corrected chi connectivity index (χ2v) is 4.91. The summed E-state index contributed by atoms with van der Waals surface area (Å²) in [6, 6.07) is 12.8. The van der Waals surface area contributed by atoms with Gasteiger partial charge in [-0.15, -0.1) is 0 Å². The first kappa shape index (κ1) is 12.6. The van der Waals surface area contributed by atoms with Crippen LogP contribution in [0.4, 0.5) is 11.4 Å². The van der Waals surface area contributed by atoms with E-state index in [0.29, 0.717) is 5.69 Å². The molecule has 3 nitrogen and oxygen atoms in total. The molecular formula is C14H12BrNO2. The largest absolute Gasteiger partial charge is 0.478 e. The number of benzene rings is 2. The number of carbonyl (C=O) groups is 1. The molecule has 0 atom stereocenters. The van der Waals surface area contributed by atoms with Crippen molar-refractivity contribution in [2.24, 2.45) is 0 Å². The lowest BCUT2D eigenvalue weighted by Crippen LogP contribution is -2.03. The van der Waals surface area contributed by atoms with Gasteiger partial charge in [-0.2, -0.15) is 0 Å². The topological polar surface area (TPSA) is 49.3 Å². The van der Waals surface area contributed by atoms with Crippen LogP contribution in [0.5, 0.6) is 0 Å². The molecule has 2 aromatic carbocycles. The Kier molecular flexibility index (Phi) is 3.67. The fourth-order valence-electron chi connectivity index (χ4n) is 1.67. The Labute approximate surface area is 114 Å². The maximum absolute atomic E-state index is 11.1. The van der Waals surface area contributed by atoms with Crippen LogP contribution in [0.15, 0.2) is 46.9 Å². The first-order valence-electron chi connectivity index (χ1n) is 5.43. The van der Waals surface area contributed by atoms with Crippen LogP contribution in [0.1, 0.15) is 15.9 Å². The van der Waals surface area contributed by atoms with Gasteiger partial charge in [-0.25, -0.2) is 4.79 Å². The van der Waals surface area contributed by atoms with Crippen molar-refractivity contribution in [1.82, 2.24) is 0 Å². The van der Waals surface area contributed by atoms with E-state index < -0.39 is 5.97 Å². The van der Waals surface area contributed by atoms with Crippen molar-refractivity contribution in [3.63, 3.8) is 0 Å². The van der Waals surface area contributed by atoms with E-state index >= 15 is 0 Å². The van der Waals surface area contributed by atoms with E-state index in [4.69, 9.17) is 5.11 Å². The van der Waals surface area contributed by atoms with Gasteiger partial charge in [0.05, 0.1) is 11.3 Å². The Hall–Kier alpha value is -1.81. The molecule has 0 fully saturated rings. The van der Waals surface area contributed by atoms with Crippen LogP contribution < -0.4 is 5.32 Å². The van der Waals surface area contributed by atoms with E-state index in [1.165, 1.54) is 0 Å². The monoisotopic (exact) mass is 305 g/mol. The Morgan fingerprint density at radius 2 is 2.00 bits per heavy atom. The van der Waals surface area contributed by atoms with Gasteiger partial charge >= 0.3 is 5.97 Å². The van der Waals surface area contributed by atoms with E-state index in [-0.39, 0.29) is 5.56 Å². The molecule has 0 radical (unpaired) electrons. The number of anilines is 2. The summed E-state index contributed by atoms with van der Waals surface area (Å²) in [4.78, 5) is 11.1. The predicted octanol–water partition coefficient (Wildman–Crippen LogP) is 4.20. The molecule has 0 aromatic heterocycles. The van der Waals surface area contributed by atoms with Gasteiger partial charge < -0.3 is 10.4 Å². The van der Waals surface area contributed by atoms with Gasteiger partial charge in [0.25, 0.3) is 0 Å². The Bertz CT molecular complexity index is 596. The molecule has 0 saturated heterocycles. The highest BCUT2D eigenvalue weighted by Gasteiger charge is 2.10. The fourth-order valence-corrected chi connectivity index (χ4v) is 2.07. The molecule has 0 saturated carbocycles. The van der Waals surface area contributed by atoms with Crippen molar-refractivity contribution < 1.29 is 9.90 Å². The summed E-state index contributed by atoms with van der Waals surface area (Å²) in [6.45, 7) is 1.93. The van der Waals surface area contributed by atoms with Gasteiger partial charge in [0, 0.05) is 10.2 Å². The standard InChI is InChI=1S/C14H12BrNO2/c1-9-5-6-12(14(17)18)13(7-9)16-11-4-2-3-10(15)8-11/h2-8,16H,1H3,(H,17,18). The molecule has 0 spiro atoms. The van der Waals surface area contributed by atoms with Crippen molar-refractivity contribution >= 4 is 33.3 Å². The van der Waals surface area contributed by atoms with E-state index in [1.807, 2.05) is 37.3 Å². The van der Waals surface area contributed by atoms with Crippen LogP contribution in [0.3, 0.4) is 0 Å². The lowest BCUT2D eigenvalue weighted by atomic mass is 10.1. The minimum atomic E-state index is -0.938. The highest BCUT2D eigenvalue weighted by molar-refractivity contribution is 9.10. The lowest BCUT2D eigenvalue weighted by molar-refractivity contribution is 0.0698. The summed E-state index contributed by atoms with van der Waals surface area (Å²) in [7, 11) is 0.